The van der Waals surface area contributed by atoms with Gasteiger partial charge in [-0.1, -0.05) is 19.9 Å². The molecule has 80 valence electrons. The number of aromatic nitrogens is 1. The molecule has 15 heavy (non-hydrogen) atoms. The van der Waals surface area contributed by atoms with Gasteiger partial charge in [0, 0.05) is 13.0 Å². The summed E-state index contributed by atoms with van der Waals surface area (Å²) >= 11 is 1.79. The number of nitrogens with zero attached hydrogens (tertiary/aromatic N) is 1. The summed E-state index contributed by atoms with van der Waals surface area (Å²) in [5, 5.41) is 1.23. The molecule has 1 aromatic carbocycles. The van der Waals surface area contributed by atoms with Crippen molar-refractivity contribution in [3.63, 3.8) is 0 Å². The van der Waals surface area contributed by atoms with Gasteiger partial charge in [0.25, 0.3) is 0 Å². The predicted molar refractivity (Wildman–Crippen MR) is 66.1 cm³/mol. The molecule has 0 unspecified atom stereocenters. The topological polar surface area (TPSA) is 38.9 Å². The second-order valence-corrected chi connectivity index (χ2v) is 5.33. The molecule has 2 N–H and O–H groups in total. The molecule has 2 rings (SSSR count). The molecule has 0 aliphatic carbocycles. The minimum atomic E-state index is 0.590. The lowest BCUT2D eigenvalue weighted by Gasteiger charge is -1.97. The maximum atomic E-state index is 5.60. The Morgan fingerprint density at radius 1 is 1.40 bits per heavy atom. The van der Waals surface area contributed by atoms with E-state index in [2.05, 4.69) is 37.0 Å². The molecule has 3 heteroatoms. The highest BCUT2D eigenvalue weighted by molar-refractivity contribution is 7.18. The Morgan fingerprint density at radius 3 is 2.87 bits per heavy atom. The third-order valence-electron chi connectivity index (χ3n) is 2.31. The van der Waals surface area contributed by atoms with Crippen molar-refractivity contribution in [1.82, 2.24) is 4.98 Å². The lowest BCUT2D eigenvalue weighted by molar-refractivity contribution is 0.645. The summed E-state index contributed by atoms with van der Waals surface area (Å²) in [7, 11) is 0. The predicted octanol–water partition coefficient (Wildman–Crippen LogP) is 2.95. The number of thiazole rings is 1. The van der Waals surface area contributed by atoms with Crippen LogP contribution < -0.4 is 5.73 Å². The highest BCUT2D eigenvalue weighted by Crippen LogP contribution is 2.24. The minimum Gasteiger partial charge on any atom is -0.326 e. The summed E-state index contributed by atoms with van der Waals surface area (Å²) in [5.41, 5.74) is 7.86. The average Bonchev–Trinajstić information content (AvgIpc) is 2.57. The SMILES string of the molecule is CC(C)Cc1nc2cc(CN)ccc2s1. The molecule has 1 heterocycles. The Hall–Kier alpha value is -0.930. The first-order valence-corrected chi connectivity index (χ1v) is 6.09. The zero-order valence-electron chi connectivity index (χ0n) is 9.16. The van der Waals surface area contributed by atoms with E-state index in [1.165, 1.54) is 9.71 Å². The van der Waals surface area contributed by atoms with Gasteiger partial charge in [0.1, 0.15) is 0 Å². The van der Waals surface area contributed by atoms with E-state index in [-0.39, 0.29) is 0 Å². The number of fused-ring (bicyclic) bond motifs is 1. The monoisotopic (exact) mass is 220 g/mol. The van der Waals surface area contributed by atoms with Crippen molar-refractivity contribution >= 4 is 21.6 Å². The molecular weight excluding hydrogens is 204 g/mol. The van der Waals surface area contributed by atoms with Crippen LogP contribution in [0.5, 0.6) is 0 Å². The Morgan fingerprint density at radius 2 is 2.20 bits per heavy atom. The van der Waals surface area contributed by atoms with Crippen LogP contribution in [0, 0.1) is 5.92 Å². The Kier molecular flexibility index (Phi) is 3.03. The maximum absolute atomic E-state index is 5.60. The van der Waals surface area contributed by atoms with E-state index in [4.69, 9.17) is 5.73 Å². The van der Waals surface area contributed by atoms with Crippen molar-refractivity contribution in [3.05, 3.63) is 28.8 Å². The molecule has 1 aromatic heterocycles. The summed E-state index contributed by atoms with van der Waals surface area (Å²) in [6.07, 6.45) is 1.07. The number of rotatable bonds is 3. The Bertz CT molecular complexity index is 460. The molecule has 2 aromatic rings. The Labute approximate surface area is 94.1 Å². The normalized spacial score (nSPS) is 11.5. The fourth-order valence-corrected chi connectivity index (χ4v) is 2.74. The lowest BCUT2D eigenvalue weighted by atomic mass is 10.1. The number of hydrogen-bond acceptors (Lipinski definition) is 3. The van der Waals surface area contributed by atoms with Gasteiger partial charge < -0.3 is 5.73 Å². The van der Waals surface area contributed by atoms with Crippen LogP contribution in [0.4, 0.5) is 0 Å². The lowest BCUT2D eigenvalue weighted by Crippen LogP contribution is -1.95. The summed E-state index contributed by atoms with van der Waals surface area (Å²) in [4.78, 5) is 4.62. The van der Waals surface area contributed by atoms with Gasteiger partial charge in [0.05, 0.1) is 15.2 Å². The zero-order chi connectivity index (χ0) is 10.8. The van der Waals surface area contributed by atoms with Crippen LogP contribution in [0.15, 0.2) is 18.2 Å². The first-order chi connectivity index (χ1) is 7.19. The smallest absolute Gasteiger partial charge is 0.0941 e. The third kappa shape index (κ3) is 2.36. The van der Waals surface area contributed by atoms with Crippen LogP contribution in [0.1, 0.15) is 24.4 Å². The molecule has 0 atom stereocenters. The molecule has 0 radical (unpaired) electrons. The molecule has 0 fully saturated rings. The molecule has 0 saturated carbocycles. The minimum absolute atomic E-state index is 0.590. The van der Waals surface area contributed by atoms with Gasteiger partial charge in [0.15, 0.2) is 0 Å². The fourth-order valence-electron chi connectivity index (χ4n) is 1.58. The average molecular weight is 220 g/mol. The van der Waals surface area contributed by atoms with Gasteiger partial charge in [-0.3, -0.25) is 0 Å². The quantitative estimate of drug-likeness (QED) is 0.863. The van der Waals surface area contributed by atoms with Crippen LogP contribution >= 0.6 is 11.3 Å². The number of hydrogen-bond donors (Lipinski definition) is 1. The maximum Gasteiger partial charge on any atom is 0.0941 e. The van der Waals surface area contributed by atoms with Gasteiger partial charge in [-0.15, -0.1) is 11.3 Å². The summed E-state index contributed by atoms with van der Waals surface area (Å²) in [6.45, 7) is 5.03. The molecule has 0 bridgehead atoms. The van der Waals surface area contributed by atoms with Gasteiger partial charge in [-0.05, 0) is 23.6 Å². The number of nitrogens with two attached hydrogens (primary N) is 1. The van der Waals surface area contributed by atoms with E-state index in [1.54, 1.807) is 11.3 Å². The van der Waals surface area contributed by atoms with Gasteiger partial charge >= 0.3 is 0 Å². The second kappa shape index (κ2) is 4.29. The molecular formula is C12H16N2S. The van der Waals surface area contributed by atoms with Crippen LogP contribution in [-0.2, 0) is 13.0 Å². The largest absolute Gasteiger partial charge is 0.326 e. The summed E-state index contributed by atoms with van der Waals surface area (Å²) in [5.74, 6) is 0.666. The highest BCUT2D eigenvalue weighted by atomic mass is 32.1. The molecule has 2 nitrogen and oxygen atoms in total. The van der Waals surface area contributed by atoms with Crippen LogP contribution in [0.3, 0.4) is 0 Å². The number of benzene rings is 1. The van der Waals surface area contributed by atoms with Crippen molar-refractivity contribution < 1.29 is 0 Å². The second-order valence-electron chi connectivity index (χ2n) is 4.21. The van der Waals surface area contributed by atoms with Gasteiger partial charge in [0.2, 0.25) is 0 Å². The first-order valence-electron chi connectivity index (χ1n) is 5.27. The van der Waals surface area contributed by atoms with Crippen molar-refractivity contribution in [3.8, 4) is 0 Å². The third-order valence-corrected chi connectivity index (χ3v) is 3.37. The van der Waals surface area contributed by atoms with E-state index in [9.17, 15) is 0 Å². The molecule has 0 aliphatic heterocycles. The summed E-state index contributed by atoms with van der Waals surface area (Å²) in [6, 6.07) is 6.30. The van der Waals surface area contributed by atoms with E-state index in [1.807, 2.05) is 0 Å². The van der Waals surface area contributed by atoms with Crippen molar-refractivity contribution in [2.24, 2.45) is 11.7 Å². The van der Waals surface area contributed by atoms with E-state index < -0.39 is 0 Å². The highest BCUT2D eigenvalue weighted by Gasteiger charge is 2.05. The van der Waals surface area contributed by atoms with Crippen LogP contribution in [-0.4, -0.2) is 4.98 Å². The Balaban J connectivity index is 2.37. The first kappa shape index (κ1) is 10.6. The van der Waals surface area contributed by atoms with Crippen LogP contribution in [0.25, 0.3) is 10.2 Å². The fraction of sp³-hybridized carbons (Fsp3) is 0.417. The van der Waals surface area contributed by atoms with Crippen molar-refractivity contribution in [1.29, 1.82) is 0 Å². The summed E-state index contributed by atoms with van der Waals surface area (Å²) < 4.78 is 1.27. The van der Waals surface area contributed by atoms with Crippen molar-refractivity contribution in [2.45, 2.75) is 26.8 Å². The van der Waals surface area contributed by atoms with Crippen LogP contribution in [0.2, 0.25) is 0 Å². The standard InChI is InChI=1S/C12H16N2S/c1-8(2)5-12-14-10-6-9(7-13)3-4-11(10)15-12/h3-4,6,8H,5,7,13H2,1-2H3. The van der Waals surface area contributed by atoms with Gasteiger partial charge in [-0.2, -0.15) is 0 Å². The van der Waals surface area contributed by atoms with E-state index >= 15 is 0 Å². The molecule has 0 aliphatic rings. The van der Waals surface area contributed by atoms with Crippen molar-refractivity contribution in [2.75, 3.05) is 0 Å². The molecule has 0 spiro atoms. The molecule has 0 saturated heterocycles. The van der Waals surface area contributed by atoms with E-state index in [0.29, 0.717) is 12.5 Å². The van der Waals surface area contributed by atoms with Gasteiger partial charge in [-0.25, -0.2) is 4.98 Å². The zero-order valence-corrected chi connectivity index (χ0v) is 9.97. The molecule has 0 amide bonds. The van der Waals surface area contributed by atoms with E-state index in [0.717, 1.165) is 17.5 Å².